The van der Waals surface area contributed by atoms with E-state index in [1.165, 1.54) is 0 Å². The van der Waals surface area contributed by atoms with Crippen LogP contribution in [0.3, 0.4) is 0 Å². The van der Waals surface area contributed by atoms with Crippen LogP contribution in [-0.2, 0) is 6.54 Å². The van der Waals surface area contributed by atoms with E-state index < -0.39 is 0 Å². The van der Waals surface area contributed by atoms with Crippen molar-refractivity contribution in [1.82, 2.24) is 9.78 Å². The van der Waals surface area contributed by atoms with Crippen LogP contribution in [-0.4, -0.2) is 22.3 Å². The fourth-order valence-corrected chi connectivity index (χ4v) is 1.34. The van der Waals surface area contributed by atoms with Gasteiger partial charge in [-0.2, -0.15) is 5.10 Å². The molecular weight excluding hydrogens is 200 g/mol. The average Bonchev–Trinajstić information content (AvgIpc) is 2.65. The van der Waals surface area contributed by atoms with Gasteiger partial charge in [-0.3, -0.25) is 4.68 Å². The highest BCUT2D eigenvalue weighted by atomic mass is 35.5. The molecule has 4 heteroatoms. The monoisotopic (exact) mass is 216 g/mol. The molecule has 0 aliphatic carbocycles. The summed E-state index contributed by atoms with van der Waals surface area (Å²) in [6, 6.07) is 0. The van der Waals surface area contributed by atoms with E-state index in [4.69, 9.17) is 16.3 Å². The van der Waals surface area contributed by atoms with Crippen LogP contribution in [0.5, 0.6) is 5.75 Å². The molecule has 0 unspecified atom stereocenters. The summed E-state index contributed by atoms with van der Waals surface area (Å²) < 4.78 is 7.36. The van der Waals surface area contributed by atoms with Gasteiger partial charge in [0.05, 0.1) is 19.0 Å². The lowest BCUT2D eigenvalue weighted by Crippen LogP contribution is -1.97. The number of nitrogens with zero attached hydrogens (tertiary/aromatic N) is 2. The Morgan fingerprint density at radius 1 is 1.43 bits per heavy atom. The van der Waals surface area contributed by atoms with Crippen LogP contribution in [0.4, 0.5) is 0 Å². The maximum Gasteiger partial charge on any atom is 0.157 e. The zero-order chi connectivity index (χ0) is 10.2. The second-order valence-electron chi connectivity index (χ2n) is 3.13. The molecule has 0 aliphatic rings. The Kier molecular flexibility index (Phi) is 5.45. The third-order valence-corrected chi connectivity index (χ3v) is 2.25. The molecule has 80 valence electrons. The smallest absolute Gasteiger partial charge is 0.157 e. The van der Waals surface area contributed by atoms with E-state index in [9.17, 15) is 0 Å². The van der Waals surface area contributed by atoms with Crippen molar-refractivity contribution < 1.29 is 4.74 Å². The third kappa shape index (κ3) is 4.01. The number of aryl methyl sites for hydroxylation is 1. The number of rotatable bonds is 7. The maximum atomic E-state index is 5.57. The molecule has 0 amide bonds. The molecule has 0 saturated carbocycles. The minimum Gasteiger partial charge on any atom is -0.490 e. The topological polar surface area (TPSA) is 27.1 Å². The molecular formula is C10H17ClN2O. The van der Waals surface area contributed by atoms with Crippen molar-refractivity contribution in [2.45, 2.75) is 32.7 Å². The lowest BCUT2D eigenvalue weighted by atomic mass is 10.3. The van der Waals surface area contributed by atoms with E-state index in [1.54, 1.807) is 6.20 Å². The molecule has 1 aromatic heterocycles. The van der Waals surface area contributed by atoms with Gasteiger partial charge in [0.1, 0.15) is 0 Å². The van der Waals surface area contributed by atoms with E-state index in [-0.39, 0.29) is 0 Å². The predicted molar refractivity (Wildman–Crippen MR) is 58.0 cm³/mol. The van der Waals surface area contributed by atoms with Crippen LogP contribution in [0.15, 0.2) is 12.4 Å². The predicted octanol–water partition coefficient (Wildman–Crippen LogP) is 2.69. The molecule has 0 radical (unpaired) electrons. The molecule has 14 heavy (non-hydrogen) atoms. The minimum absolute atomic E-state index is 0.744. The summed E-state index contributed by atoms with van der Waals surface area (Å²) in [7, 11) is 0. The highest BCUT2D eigenvalue weighted by molar-refractivity contribution is 6.17. The first-order valence-corrected chi connectivity index (χ1v) is 5.61. The van der Waals surface area contributed by atoms with E-state index in [0.29, 0.717) is 0 Å². The van der Waals surface area contributed by atoms with E-state index in [2.05, 4.69) is 12.0 Å². The average molecular weight is 217 g/mol. The first kappa shape index (κ1) is 11.4. The van der Waals surface area contributed by atoms with Crippen LogP contribution in [0, 0.1) is 0 Å². The lowest BCUT2D eigenvalue weighted by Gasteiger charge is -2.01. The Bertz CT molecular complexity index is 250. The molecule has 0 atom stereocenters. The molecule has 0 aromatic carbocycles. The summed E-state index contributed by atoms with van der Waals surface area (Å²) in [5.41, 5.74) is 0. The van der Waals surface area contributed by atoms with Gasteiger partial charge in [-0.25, -0.2) is 0 Å². The van der Waals surface area contributed by atoms with Gasteiger partial charge in [-0.15, -0.1) is 11.6 Å². The van der Waals surface area contributed by atoms with Crippen LogP contribution in [0.25, 0.3) is 0 Å². The van der Waals surface area contributed by atoms with Crippen LogP contribution in [0.2, 0.25) is 0 Å². The molecule has 0 aliphatic heterocycles. The van der Waals surface area contributed by atoms with E-state index in [1.807, 2.05) is 10.9 Å². The highest BCUT2D eigenvalue weighted by Gasteiger charge is 1.97. The van der Waals surface area contributed by atoms with E-state index >= 15 is 0 Å². The standard InChI is InChI=1S/C10H17ClN2O/c1-2-13-9-10(8-12-13)14-7-5-3-4-6-11/h8-9H,2-7H2,1H3. The Morgan fingerprint density at radius 2 is 2.29 bits per heavy atom. The Hall–Kier alpha value is -0.700. The third-order valence-electron chi connectivity index (χ3n) is 1.98. The van der Waals surface area contributed by atoms with Gasteiger partial charge in [0.2, 0.25) is 0 Å². The number of hydrogen-bond acceptors (Lipinski definition) is 2. The minimum atomic E-state index is 0.744. The zero-order valence-electron chi connectivity index (χ0n) is 8.58. The van der Waals surface area contributed by atoms with Crippen LogP contribution < -0.4 is 4.74 Å². The number of hydrogen-bond donors (Lipinski definition) is 0. The SMILES string of the molecule is CCn1cc(OCCCCCCl)cn1. The summed E-state index contributed by atoms with van der Waals surface area (Å²) in [4.78, 5) is 0. The summed E-state index contributed by atoms with van der Waals surface area (Å²) in [5.74, 6) is 1.60. The Morgan fingerprint density at radius 3 is 2.93 bits per heavy atom. The number of alkyl halides is 1. The van der Waals surface area contributed by atoms with Crippen LogP contribution >= 0.6 is 11.6 Å². The molecule has 0 spiro atoms. The van der Waals surface area contributed by atoms with Crippen molar-refractivity contribution >= 4 is 11.6 Å². The van der Waals surface area contributed by atoms with Crippen molar-refractivity contribution in [3.8, 4) is 5.75 Å². The molecule has 0 N–H and O–H groups in total. The molecule has 3 nitrogen and oxygen atoms in total. The fourth-order valence-electron chi connectivity index (χ4n) is 1.16. The van der Waals surface area contributed by atoms with Crippen LogP contribution in [0.1, 0.15) is 26.2 Å². The Labute approximate surface area is 90.0 Å². The number of aromatic nitrogens is 2. The molecule has 1 heterocycles. The highest BCUT2D eigenvalue weighted by Crippen LogP contribution is 2.09. The normalized spacial score (nSPS) is 10.4. The van der Waals surface area contributed by atoms with Gasteiger partial charge < -0.3 is 4.74 Å². The molecule has 1 aromatic rings. The van der Waals surface area contributed by atoms with Gasteiger partial charge in [-0.05, 0) is 26.2 Å². The van der Waals surface area contributed by atoms with Gasteiger partial charge in [-0.1, -0.05) is 0 Å². The number of ether oxygens (including phenoxy) is 1. The van der Waals surface area contributed by atoms with Crippen molar-refractivity contribution in [3.63, 3.8) is 0 Å². The van der Waals surface area contributed by atoms with Crippen molar-refractivity contribution in [3.05, 3.63) is 12.4 Å². The quantitative estimate of drug-likeness (QED) is 0.518. The molecule has 0 saturated heterocycles. The number of unbranched alkanes of at least 4 members (excludes halogenated alkanes) is 2. The Balaban J connectivity index is 2.12. The van der Waals surface area contributed by atoms with Gasteiger partial charge in [0.25, 0.3) is 0 Å². The molecule has 0 bridgehead atoms. The van der Waals surface area contributed by atoms with Gasteiger partial charge in [0, 0.05) is 12.4 Å². The van der Waals surface area contributed by atoms with Gasteiger partial charge >= 0.3 is 0 Å². The van der Waals surface area contributed by atoms with Crippen molar-refractivity contribution in [1.29, 1.82) is 0 Å². The van der Waals surface area contributed by atoms with Crippen molar-refractivity contribution in [2.24, 2.45) is 0 Å². The fraction of sp³-hybridized carbons (Fsp3) is 0.700. The zero-order valence-corrected chi connectivity index (χ0v) is 9.33. The maximum absolute atomic E-state index is 5.57. The first-order chi connectivity index (χ1) is 6.86. The summed E-state index contributed by atoms with van der Waals surface area (Å²) in [5, 5.41) is 4.12. The second-order valence-corrected chi connectivity index (χ2v) is 3.51. The summed E-state index contributed by atoms with van der Waals surface area (Å²) in [6.07, 6.45) is 6.93. The first-order valence-electron chi connectivity index (χ1n) is 5.08. The number of halogens is 1. The lowest BCUT2D eigenvalue weighted by molar-refractivity contribution is 0.306. The largest absolute Gasteiger partial charge is 0.490 e. The van der Waals surface area contributed by atoms with Crippen molar-refractivity contribution in [2.75, 3.05) is 12.5 Å². The molecule has 0 fully saturated rings. The van der Waals surface area contributed by atoms with E-state index in [0.717, 1.165) is 44.0 Å². The molecule has 1 rings (SSSR count). The van der Waals surface area contributed by atoms with Gasteiger partial charge in [0.15, 0.2) is 5.75 Å². The second kappa shape index (κ2) is 6.71. The summed E-state index contributed by atoms with van der Waals surface area (Å²) >= 11 is 5.57. The summed E-state index contributed by atoms with van der Waals surface area (Å²) in [6.45, 7) is 3.69.